The largest absolute Gasteiger partial charge is 0.355 e. The summed E-state index contributed by atoms with van der Waals surface area (Å²) in [6, 6.07) is 21.0. The molecule has 6 heteroatoms. The number of rotatable bonds is 5. The van der Waals surface area contributed by atoms with Crippen LogP contribution in [0.3, 0.4) is 0 Å². The van der Waals surface area contributed by atoms with Crippen molar-refractivity contribution in [2.24, 2.45) is 5.92 Å². The molecule has 2 heterocycles. The minimum absolute atomic E-state index is 0.0140. The van der Waals surface area contributed by atoms with E-state index in [1.54, 1.807) is 24.3 Å². The first-order chi connectivity index (χ1) is 14.6. The van der Waals surface area contributed by atoms with Crippen LogP contribution in [0, 0.1) is 5.92 Å². The van der Waals surface area contributed by atoms with Gasteiger partial charge in [-0.05, 0) is 56.2 Å². The van der Waals surface area contributed by atoms with Crippen LogP contribution >= 0.6 is 0 Å². The molecule has 0 saturated carbocycles. The number of ketones is 1. The second-order valence-electron chi connectivity index (χ2n) is 7.53. The van der Waals surface area contributed by atoms with Crippen LogP contribution in [0.15, 0.2) is 66.7 Å². The maximum absolute atomic E-state index is 12.6. The zero-order valence-electron chi connectivity index (χ0n) is 16.9. The molecule has 0 unspecified atom stereocenters. The summed E-state index contributed by atoms with van der Waals surface area (Å²) in [7, 11) is 0. The standard InChI is InChI=1S/C24H24N4O2/c1-17(29)18-7-9-21(10-8-18)25-24(30)20-13-15-28(16-14-20)23-12-11-22(26-27-23)19-5-3-2-4-6-19/h2-12,20H,13-16H2,1H3,(H,25,30). The number of nitrogens with zero attached hydrogens (tertiary/aromatic N) is 3. The third-order valence-corrected chi connectivity index (χ3v) is 5.47. The van der Waals surface area contributed by atoms with Crippen LogP contribution in [0.2, 0.25) is 0 Å². The molecular weight excluding hydrogens is 376 g/mol. The molecule has 1 saturated heterocycles. The van der Waals surface area contributed by atoms with E-state index in [9.17, 15) is 9.59 Å². The Morgan fingerprint density at radius 3 is 2.20 bits per heavy atom. The van der Waals surface area contributed by atoms with Crippen LogP contribution in [-0.2, 0) is 4.79 Å². The molecule has 1 aliphatic rings. The summed E-state index contributed by atoms with van der Waals surface area (Å²) < 4.78 is 0. The lowest BCUT2D eigenvalue weighted by molar-refractivity contribution is -0.120. The fraction of sp³-hybridized carbons (Fsp3) is 0.250. The van der Waals surface area contributed by atoms with Crippen molar-refractivity contribution in [2.45, 2.75) is 19.8 Å². The van der Waals surface area contributed by atoms with Crippen LogP contribution in [0.1, 0.15) is 30.1 Å². The van der Waals surface area contributed by atoms with Gasteiger partial charge in [-0.15, -0.1) is 10.2 Å². The number of carbonyl (C=O) groups is 2. The monoisotopic (exact) mass is 400 g/mol. The van der Waals surface area contributed by atoms with Gasteiger partial charge in [-0.2, -0.15) is 0 Å². The maximum atomic E-state index is 12.6. The van der Waals surface area contributed by atoms with Crippen molar-refractivity contribution >= 4 is 23.2 Å². The van der Waals surface area contributed by atoms with Crippen LogP contribution in [0.25, 0.3) is 11.3 Å². The normalized spacial score (nSPS) is 14.4. The van der Waals surface area contributed by atoms with Gasteiger partial charge < -0.3 is 10.2 Å². The maximum Gasteiger partial charge on any atom is 0.227 e. The first kappa shape index (κ1) is 19.8. The summed E-state index contributed by atoms with van der Waals surface area (Å²) in [5.74, 6) is 0.842. The predicted molar refractivity (Wildman–Crippen MR) is 117 cm³/mol. The Morgan fingerprint density at radius 1 is 0.900 bits per heavy atom. The number of aromatic nitrogens is 2. The number of hydrogen-bond acceptors (Lipinski definition) is 5. The zero-order chi connectivity index (χ0) is 20.9. The molecule has 1 amide bonds. The van der Waals surface area contributed by atoms with Gasteiger partial charge in [0.25, 0.3) is 0 Å². The molecule has 1 aromatic heterocycles. The lowest BCUT2D eigenvalue weighted by Crippen LogP contribution is -2.38. The lowest BCUT2D eigenvalue weighted by atomic mass is 9.95. The van der Waals surface area contributed by atoms with E-state index >= 15 is 0 Å². The van der Waals surface area contributed by atoms with Gasteiger partial charge in [0.1, 0.15) is 0 Å². The van der Waals surface area contributed by atoms with Crippen molar-refractivity contribution in [1.29, 1.82) is 0 Å². The fourth-order valence-corrected chi connectivity index (χ4v) is 3.66. The Labute approximate surface area is 175 Å². The molecule has 0 radical (unpaired) electrons. The quantitative estimate of drug-likeness (QED) is 0.650. The van der Waals surface area contributed by atoms with E-state index in [0.29, 0.717) is 5.56 Å². The molecule has 3 aromatic rings. The summed E-state index contributed by atoms with van der Waals surface area (Å²) in [5.41, 5.74) is 3.25. The molecule has 0 bridgehead atoms. The summed E-state index contributed by atoms with van der Waals surface area (Å²) in [5, 5.41) is 11.7. The highest BCUT2D eigenvalue weighted by atomic mass is 16.2. The number of piperidine rings is 1. The summed E-state index contributed by atoms with van der Waals surface area (Å²) in [4.78, 5) is 26.1. The average Bonchev–Trinajstić information content (AvgIpc) is 2.80. The highest BCUT2D eigenvalue weighted by Gasteiger charge is 2.26. The molecule has 1 aliphatic heterocycles. The van der Waals surface area contributed by atoms with E-state index < -0.39 is 0 Å². The SMILES string of the molecule is CC(=O)c1ccc(NC(=O)C2CCN(c3ccc(-c4ccccc4)nn3)CC2)cc1. The van der Waals surface area contributed by atoms with Crippen molar-refractivity contribution < 1.29 is 9.59 Å². The Balaban J connectivity index is 1.32. The number of carbonyl (C=O) groups excluding carboxylic acids is 2. The molecule has 4 rings (SSSR count). The Bertz CT molecular complexity index is 1010. The smallest absolute Gasteiger partial charge is 0.227 e. The summed E-state index contributed by atoms with van der Waals surface area (Å²) in [6.45, 7) is 3.06. The average molecular weight is 400 g/mol. The highest BCUT2D eigenvalue weighted by molar-refractivity contribution is 5.96. The lowest BCUT2D eigenvalue weighted by Gasteiger charge is -2.31. The van der Waals surface area contributed by atoms with E-state index in [1.165, 1.54) is 6.92 Å². The Kier molecular flexibility index (Phi) is 5.84. The van der Waals surface area contributed by atoms with Gasteiger partial charge >= 0.3 is 0 Å². The second kappa shape index (κ2) is 8.86. The minimum Gasteiger partial charge on any atom is -0.355 e. The third-order valence-electron chi connectivity index (χ3n) is 5.47. The van der Waals surface area contributed by atoms with Crippen molar-refractivity contribution in [3.8, 4) is 11.3 Å². The first-order valence-electron chi connectivity index (χ1n) is 10.2. The van der Waals surface area contributed by atoms with Crippen LogP contribution in [0.5, 0.6) is 0 Å². The number of amides is 1. The number of hydrogen-bond donors (Lipinski definition) is 1. The van der Waals surface area contributed by atoms with Crippen LogP contribution in [-0.4, -0.2) is 35.0 Å². The molecule has 0 atom stereocenters. The van der Waals surface area contributed by atoms with Crippen molar-refractivity contribution in [2.75, 3.05) is 23.3 Å². The number of benzene rings is 2. The first-order valence-corrected chi connectivity index (χ1v) is 10.2. The van der Waals surface area contributed by atoms with E-state index in [-0.39, 0.29) is 17.6 Å². The number of nitrogens with one attached hydrogen (secondary N) is 1. The van der Waals surface area contributed by atoms with Gasteiger partial charge in [0.2, 0.25) is 5.91 Å². The van der Waals surface area contributed by atoms with E-state index in [4.69, 9.17) is 0 Å². The Hall–Kier alpha value is -3.54. The van der Waals surface area contributed by atoms with Crippen LogP contribution < -0.4 is 10.2 Å². The van der Waals surface area contributed by atoms with E-state index in [1.807, 2.05) is 42.5 Å². The molecule has 152 valence electrons. The molecule has 0 aliphatic carbocycles. The molecule has 6 nitrogen and oxygen atoms in total. The van der Waals surface area contributed by atoms with Crippen molar-refractivity contribution in [3.05, 3.63) is 72.3 Å². The fourth-order valence-electron chi connectivity index (χ4n) is 3.66. The van der Waals surface area contributed by atoms with E-state index in [2.05, 4.69) is 20.4 Å². The molecule has 30 heavy (non-hydrogen) atoms. The molecular formula is C24H24N4O2. The second-order valence-corrected chi connectivity index (χ2v) is 7.53. The third kappa shape index (κ3) is 4.54. The van der Waals surface area contributed by atoms with Crippen molar-refractivity contribution in [1.82, 2.24) is 10.2 Å². The zero-order valence-corrected chi connectivity index (χ0v) is 16.9. The van der Waals surface area contributed by atoms with Gasteiger partial charge in [0, 0.05) is 35.8 Å². The van der Waals surface area contributed by atoms with Gasteiger partial charge in [0.05, 0.1) is 5.69 Å². The molecule has 1 fully saturated rings. The van der Waals surface area contributed by atoms with Gasteiger partial charge in [-0.1, -0.05) is 30.3 Å². The molecule has 2 aromatic carbocycles. The topological polar surface area (TPSA) is 75.2 Å². The number of Topliss-reactive ketones (excluding diaryl/α,β-unsaturated/α-hetero) is 1. The summed E-state index contributed by atoms with van der Waals surface area (Å²) >= 11 is 0. The number of anilines is 2. The summed E-state index contributed by atoms with van der Waals surface area (Å²) in [6.07, 6.45) is 1.53. The van der Waals surface area contributed by atoms with Crippen molar-refractivity contribution in [3.63, 3.8) is 0 Å². The highest BCUT2D eigenvalue weighted by Crippen LogP contribution is 2.24. The predicted octanol–water partition coefficient (Wildman–Crippen LogP) is 4.20. The van der Waals surface area contributed by atoms with Gasteiger partial charge in [-0.25, -0.2) is 0 Å². The van der Waals surface area contributed by atoms with Gasteiger partial charge in [0.15, 0.2) is 11.6 Å². The van der Waals surface area contributed by atoms with E-state index in [0.717, 1.165) is 48.7 Å². The van der Waals surface area contributed by atoms with Crippen LogP contribution in [0.4, 0.5) is 11.5 Å². The molecule has 0 spiro atoms. The van der Waals surface area contributed by atoms with Gasteiger partial charge in [-0.3, -0.25) is 9.59 Å². The molecule has 1 N–H and O–H groups in total. The minimum atomic E-state index is -0.0368. The Morgan fingerprint density at radius 2 is 1.60 bits per heavy atom.